The number of hydrogen-bond donors (Lipinski definition) is 2. The Kier molecular flexibility index (Phi) is 5.33. The number of anilines is 1. The van der Waals surface area contributed by atoms with Gasteiger partial charge < -0.3 is 11.1 Å². The van der Waals surface area contributed by atoms with E-state index in [9.17, 15) is 4.79 Å². The summed E-state index contributed by atoms with van der Waals surface area (Å²) in [6, 6.07) is 32.1. The van der Waals surface area contributed by atoms with Crippen LogP contribution in [0.4, 0.5) is 5.69 Å². The number of rotatable bonds is 4. The van der Waals surface area contributed by atoms with E-state index in [0.717, 1.165) is 22.9 Å². The van der Waals surface area contributed by atoms with Gasteiger partial charge in [-0.25, -0.2) is 0 Å². The van der Waals surface area contributed by atoms with Crippen molar-refractivity contribution in [2.24, 2.45) is 5.73 Å². The molecule has 1 amide bonds. The Bertz CT molecular complexity index is 1190. The van der Waals surface area contributed by atoms with Gasteiger partial charge in [0.2, 0.25) is 0 Å². The van der Waals surface area contributed by atoms with Crippen LogP contribution in [-0.4, -0.2) is 5.91 Å². The minimum atomic E-state index is -0.281. The normalized spacial score (nSPS) is 19.7. The maximum atomic E-state index is 12.6. The van der Waals surface area contributed by atoms with Gasteiger partial charge in [0.05, 0.1) is 0 Å². The summed E-state index contributed by atoms with van der Waals surface area (Å²) in [7, 11) is 0. The monoisotopic (exact) mass is 414 g/mol. The molecule has 30 heavy (non-hydrogen) atoms. The second-order valence-electron chi connectivity index (χ2n) is 7.80. The Morgan fingerprint density at radius 2 is 1.50 bits per heavy atom. The summed E-state index contributed by atoms with van der Waals surface area (Å²) in [6.45, 7) is 0. The van der Waals surface area contributed by atoms with Crippen LogP contribution in [0, 0.1) is 0 Å². The molecule has 3 nitrogen and oxygen atoms in total. The Labute approximate surface area is 182 Å². The fourth-order valence-electron chi connectivity index (χ4n) is 4.09. The van der Waals surface area contributed by atoms with E-state index in [4.69, 9.17) is 5.73 Å². The quantitative estimate of drug-likeness (QED) is 0.439. The van der Waals surface area contributed by atoms with E-state index in [1.54, 1.807) is 0 Å². The summed E-state index contributed by atoms with van der Waals surface area (Å²) in [4.78, 5) is 12.6. The lowest BCUT2D eigenvalue weighted by Crippen LogP contribution is -2.21. The first-order valence-electron chi connectivity index (χ1n) is 9.88. The number of amides is 1. The van der Waals surface area contributed by atoms with Gasteiger partial charge in [0.1, 0.15) is 0 Å². The van der Waals surface area contributed by atoms with Gasteiger partial charge >= 0.3 is 0 Å². The molecule has 0 aliphatic heterocycles. The van der Waals surface area contributed by atoms with Crippen molar-refractivity contribution in [2.45, 2.75) is 17.9 Å². The first-order valence-corrected chi connectivity index (χ1v) is 9.88. The molecule has 0 bridgehead atoms. The predicted octanol–water partition coefficient (Wildman–Crippen LogP) is 5.86. The maximum absolute atomic E-state index is 12.6. The van der Waals surface area contributed by atoms with Gasteiger partial charge in [-0.2, -0.15) is 0 Å². The molecule has 1 aliphatic carbocycles. The van der Waals surface area contributed by atoms with Gasteiger partial charge in [-0.1, -0.05) is 72.8 Å². The predicted molar refractivity (Wildman–Crippen MR) is 125 cm³/mol. The van der Waals surface area contributed by atoms with Crippen molar-refractivity contribution in [3.8, 4) is 0 Å². The third-order valence-corrected chi connectivity index (χ3v) is 5.90. The van der Waals surface area contributed by atoms with E-state index in [1.807, 2.05) is 72.8 Å². The summed E-state index contributed by atoms with van der Waals surface area (Å²) in [6.07, 6.45) is 0.944. The highest BCUT2D eigenvalue weighted by atomic mass is 35.5. The third kappa shape index (κ3) is 3.70. The first kappa shape index (κ1) is 20.1. The van der Waals surface area contributed by atoms with Crippen LogP contribution in [0.3, 0.4) is 0 Å². The first-order chi connectivity index (χ1) is 14.1. The number of nitrogens with one attached hydrogen (secondary N) is 1. The highest BCUT2D eigenvalue weighted by Gasteiger charge is 2.52. The third-order valence-electron chi connectivity index (χ3n) is 5.90. The van der Waals surface area contributed by atoms with E-state index >= 15 is 0 Å². The van der Waals surface area contributed by atoms with Crippen LogP contribution in [0.1, 0.15) is 33.8 Å². The van der Waals surface area contributed by atoms with E-state index in [0.29, 0.717) is 11.5 Å². The lowest BCUT2D eigenvalue weighted by molar-refractivity contribution is 0.102. The Hall–Kier alpha value is -3.14. The molecule has 2 atom stereocenters. The molecule has 0 saturated heterocycles. The average Bonchev–Trinajstić information content (AvgIpc) is 3.47. The molecule has 0 heterocycles. The van der Waals surface area contributed by atoms with Crippen LogP contribution in [0.5, 0.6) is 0 Å². The van der Waals surface area contributed by atoms with Crippen LogP contribution >= 0.6 is 12.4 Å². The summed E-state index contributed by atoms with van der Waals surface area (Å²) >= 11 is 0. The molecule has 4 aromatic rings. The number of hydrogen-bond acceptors (Lipinski definition) is 2. The minimum absolute atomic E-state index is 0. The molecule has 1 aliphatic rings. The zero-order valence-electron chi connectivity index (χ0n) is 16.4. The van der Waals surface area contributed by atoms with E-state index < -0.39 is 0 Å². The standard InChI is InChI=1S/C26H22N2O.ClH/c27-26(22-8-2-1-3-9-22)17-24(26)19-12-14-23(15-13-19)28-25(29)21-11-10-18-6-4-5-7-20(18)16-21;/h1-16,24H,17,27H2,(H,28,29);1H. The van der Waals surface area contributed by atoms with Crippen LogP contribution < -0.4 is 11.1 Å². The Morgan fingerprint density at radius 3 is 2.23 bits per heavy atom. The van der Waals surface area contributed by atoms with Crippen LogP contribution in [-0.2, 0) is 5.54 Å². The van der Waals surface area contributed by atoms with Crippen LogP contribution in [0.2, 0.25) is 0 Å². The van der Waals surface area contributed by atoms with Crippen molar-refractivity contribution in [3.05, 3.63) is 114 Å². The summed E-state index contributed by atoms with van der Waals surface area (Å²) in [5.41, 5.74) is 10.2. The number of carbonyl (C=O) groups is 1. The summed E-state index contributed by atoms with van der Waals surface area (Å²) in [5.74, 6) is 0.211. The molecule has 0 spiro atoms. The van der Waals surface area contributed by atoms with Gasteiger partial charge in [0, 0.05) is 22.7 Å². The Balaban J connectivity index is 0.00000218. The van der Waals surface area contributed by atoms with Gasteiger partial charge in [-0.05, 0) is 52.6 Å². The molecule has 2 unspecified atom stereocenters. The molecule has 1 fully saturated rings. The van der Waals surface area contributed by atoms with Gasteiger partial charge in [0.15, 0.2) is 0 Å². The van der Waals surface area contributed by atoms with Crippen molar-refractivity contribution in [1.82, 2.24) is 0 Å². The highest BCUT2D eigenvalue weighted by Crippen LogP contribution is 2.56. The fraction of sp³-hybridized carbons (Fsp3) is 0.115. The number of nitrogens with two attached hydrogens (primary N) is 1. The maximum Gasteiger partial charge on any atom is 0.255 e. The molecular weight excluding hydrogens is 392 g/mol. The molecule has 4 heteroatoms. The van der Waals surface area contributed by atoms with Crippen molar-refractivity contribution >= 4 is 34.8 Å². The van der Waals surface area contributed by atoms with E-state index in [2.05, 4.69) is 29.6 Å². The molecule has 1 saturated carbocycles. The molecule has 0 aromatic heterocycles. The second kappa shape index (κ2) is 7.94. The second-order valence-corrected chi connectivity index (χ2v) is 7.80. The van der Waals surface area contributed by atoms with Gasteiger partial charge in [-0.15, -0.1) is 12.4 Å². The zero-order valence-corrected chi connectivity index (χ0v) is 17.2. The number of benzene rings is 4. The molecule has 0 radical (unpaired) electrons. The summed E-state index contributed by atoms with van der Waals surface area (Å²) < 4.78 is 0. The lowest BCUT2D eigenvalue weighted by Gasteiger charge is -2.13. The fourth-order valence-corrected chi connectivity index (χ4v) is 4.09. The largest absolute Gasteiger partial charge is 0.322 e. The van der Waals surface area contributed by atoms with Crippen molar-refractivity contribution in [2.75, 3.05) is 5.32 Å². The van der Waals surface area contributed by atoms with Crippen molar-refractivity contribution in [3.63, 3.8) is 0 Å². The molecular formula is C26H23ClN2O. The van der Waals surface area contributed by atoms with Gasteiger partial charge in [-0.3, -0.25) is 4.79 Å². The summed E-state index contributed by atoms with van der Waals surface area (Å²) in [5, 5.41) is 5.18. The van der Waals surface area contributed by atoms with Crippen molar-refractivity contribution in [1.29, 1.82) is 0 Å². The number of halogens is 1. The molecule has 3 N–H and O–H groups in total. The van der Waals surface area contributed by atoms with Crippen LogP contribution in [0.15, 0.2) is 97.1 Å². The minimum Gasteiger partial charge on any atom is -0.322 e. The van der Waals surface area contributed by atoms with Gasteiger partial charge in [0.25, 0.3) is 5.91 Å². The lowest BCUT2D eigenvalue weighted by atomic mass is 9.99. The number of fused-ring (bicyclic) bond motifs is 1. The highest BCUT2D eigenvalue weighted by molar-refractivity contribution is 6.06. The molecule has 4 aromatic carbocycles. The smallest absolute Gasteiger partial charge is 0.255 e. The SMILES string of the molecule is Cl.NC1(c2ccccc2)CC1c1ccc(NC(=O)c2ccc3ccccc3c2)cc1. The Morgan fingerprint density at radius 1 is 0.833 bits per heavy atom. The van der Waals surface area contributed by atoms with E-state index in [1.165, 1.54) is 11.1 Å². The van der Waals surface area contributed by atoms with E-state index in [-0.39, 0.29) is 23.9 Å². The zero-order chi connectivity index (χ0) is 19.8. The molecule has 5 rings (SSSR count). The van der Waals surface area contributed by atoms with Crippen LogP contribution in [0.25, 0.3) is 10.8 Å². The topological polar surface area (TPSA) is 55.1 Å². The molecule has 150 valence electrons. The number of carbonyl (C=O) groups excluding carboxylic acids is 1. The van der Waals surface area contributed by atoms with Crippen molar-refractivity contribution < 1.29 is 4.79 Å². The average molecular weight is 415 g/mol.